The van der Waals surface area contributed by atoms with Crippen LogP contribution in [-0.4, -0.2) is 22.5 Å². The molecule has 0 fully saturated rings. The van der Waals surface area contributed by atoms with E-state index < -0.39 is 0 Å². The van der Waals surface area contributed by atoms with Gasteiger partial charge in [0, 0.05) is 23.0 Å². The molecule has 1 nitrogen and oxygen atoms in total. The molecule has 0 aliphatic heterocycles. The number of hydrogen-bond acceptors (Lipinski definition) is 1. The minimum Gasteiger partial charge on any atom is -0.291 e. The lowest BCUT2D eigenvalue weighted by Gasteiger charge is -2.68. The second kappa shape index (κ2) is 9.26. The molecule has 0 heterocycles. The lowest BCUT2D eigenvalue weighted by atomic mass is 9.45. The van der Waals surface area contributed by atoms with Gasteiger partial charge in [-0.25, -0.2) is 0 Å². The summed E-state index contributed by atoms with van der Waals surface area (Å²) in [4.78, 5) is 2.84. The predicted molar refractivity (Wildman–Crippen MR) is 121 cm³/mol. The van der Waals surface area contributed by atoms with Gasteiger partial charge in [-0.05, 0) is 57.3 Å². The molecule has 0 unspecified atom stereocenters. The average molecular weight is 366 g/mol. The highest BCUT2D eigenvalue weighted by molar-refractivity contribution is 5.27. The fourth-order valence-electron chi connectivity index (χ4n) is 6.95. The Morgan fingerprint density at radius 1 is 0.577 bits per heavy atom. The summed E-state index contributed by atoms with van der Waals surface area (Å²) in [5.41, 5.74) is 1.55. The van der Waals surface area contributed by atoms with Crippen molar-refractivity contribution >= 4 is 0 Å². The van der Waals surface area contributed by atoms with E-state index in [9.17, 15) is 0 Å². The quantitative estimate of drug-likeness (QED) is 0.359. The minimum atomic E-state index is 0.0536. The van der Waals surface area contributed by atoms with Crippen LogP contribution >= 0.6 is 0 Å². The molecule has 156 valence electrons. The van der Waals surface area contributed by atoms with Crippen molar-refractivity contribution in [2.75, 3.05) is 0 Å². The van der Waals surface area contributed by atoms with Gasteiger partial charge in [-0.1, -0.05) is 81.4 Å². The van der Waals surface area contributed by atoms with Crippen LogP contribution in [0, 0.1) is 35.0 Å². The topological polar surface area (TPSA) is 3.24 Å². The molecule has 0 amide bonds. The molecule has 0 saturated carbocycles. The van der Waals surface area contributed by atoms with Crippen molar-refractivity contribution in [3.8, 4) is 0 Å². The third kappa shape index (κ3) is 3.80. The van der Waals surface area contributed by atoms with Gasteiger partial charge in [0.05, 0.1) is 0 Å². The Bertz CT molecular complexity index is 413. The van der Waals surface area contributed by atoms with E-state index in [0.717, 1.165) is 0 Å². The van der Waals surface area contributed by atoms with Crippen molar-refractivity contribution in [2.45, 2.75) is 115 Å². The predicted octanol–water partition coefficient (Wildman–Crippen LogP) is 7.67. The van der Waals surface area contributed by atoms with Crippen LogP contribution in [0.4, 0.5) is 0 Å². The van der Waals surface area contributed by atoms with Crippen molar-refractivity contribution in [1.82, 2.24) is 4.90 Å². The van der Waals surface area contributed by atoms with E-state index in [1.54, 1.807) is 0 Å². The van der Waals surface area contributed by atoms with Crippen LogP contribution in [0.15, 0.2) is 12.2 Å². The SMILES string of the molecule is C=C(C(C)C)C(C(C)C)(C(C)C)C(C(C)C)(C(C)C)N(C(C)C)C(C)C. The molecular weight excluding hydrogens is 314 g/mol. The Morgan fingerprint density at radius 2 is 0.885 bits per heavy atom. The molecule has 0 aliphatic rings. The lowest BCUT2D eigenvalue weighted by molar-refractivity contribution is -0.155. The molecule has 0 aromatic rings. The molecule has 0 spiro atoms. The Morgan fingerprint density at radius 3 is 1.04 bits per heavy atom. The van der Waals surface area contributed by atoms with Crippen molar-refractivity contribution in [3.63, 3.8) is 0 Å². The summed E-state index contributed by atoms with van der Waals surface area (Å²) in [7, 11) is 0. The zero-order chi connectivity index (χ0) is 21.2. The van der Waals surface area contributed by atoms with Crippen molar-refractivity contribution in [3.05, 3.63) is 12.2 Å². The van der Waals surface area contributed by atoms with Crippen LogP contribution in [-0.2, 0) is 0 Å². The van der Waals surface area contributed by atoms with Crippen LogP contribution in [0.2, 0.25) is 0 Å². The van der Waals surface area contributed by atoms with Gasteiger partial charge in [0.15, 0.2) is 0 Å². The monoisotopic (exact) mass is 365 g/mol. The molecule has 0 rings (SSSR count). The van der Waals surface area contributed by atoms with E-state index in [1.165, 1.54) is 5.57 Å². The zero-order valence-electron chi connectivity index (χ0n) is 20.7. The maximum absolute atomic E-state index is 4.77. The second-order valence-corrected chi connectivity index (χ2v) is 10.6. The first-order valence-electron chi connectivity index (χ1n) is 11.1. The second-order valence-electron chi connectivity index (χ2n) is 10.6. The third-order valence-corrected chi connectivity index (χ3v) is 7.01. The van der Waals surface area contributed by atoms with E-state index in [1.807, 2.05) is 0 Å². The van der Waals surface area contributed by atoms with E-state index in [2.05, 4.69) is 102 Å². The molecule has 0 radical (unpaired) electrons. The highest BCUT2D eigenvalue weighted by Gasteiger charge is 2.62. The number of rotatable bonds is 10. The van der Waals surface area contributed by atoms with Gasteiger partial charge >= 0.3 is 0 Å². The third-order valence-electron chi connectivity index (χ3n) is 7.01. The Balaban J connectivity index is 7.41. The van der Waals surface area contributed by atoms with Gasteiger partial charge in [0.1, 0.15) is 0 Å². The van der Waals surface area contributed by atoms with Crippen molar-refractivity contribution in [2.24, 2.45) is 35.0 Å². The molecular formula is C25H51N. The van der Waals surface area contributed by atoms with Gasteiger partial charge in [-0.2, -0.15) is 0 Å². The number of hydrogen-bond donors (Lipinski definition) is 0. The normalized spacial score (nSPS) is 14.4. The molecule has 0 N–H and O–H groups in total. The molecule has 0 saturated heterocycles. The first-order chi connectivity index (χ1) is 11.6. The summed E-state index contributed by atoms with van der Waals surface area (Å²) < 4.78 is 0. The largest absolute Gasteiger partial charge is 0.291 e. The molecule has 1 heteroatoms. The van der Waals surface area contributed by atoms with Crippen LogP contribution in [0.25, 0.3) is 0 Å². The number of nitrogens with zero attached hydrogens (tertiary/aromatic N) is 1. The van der Waals surface area contributed by atoms with Gasteiger partial charge < -0.3 is 0 Å². The molecule has 0 aromatic carbocycles. The van der Waals surface area contributed by atoms with Crippen LogP contribution < -0.4 is 0 Å². The highest BCUT2D eigenvalue weighted by atomic mass is 15.3. The lowest BCUT2D eigenvalue weighted by Crippen LogP contribution is -2.73. The fourth-order valence-corrected chi connectivity index (χ4v) is 6.95. The maximum atomic E-state index is 4.77. The smallest absolute Gasteiger partial charge is 0.0358 e. The van der Waals surface area contributed by atoms with Crippen molar-refractivity contribution < 1.29 is 0 Å². The van der Waals surface area contributed by atoms with Crippen LogP contribution in [0.1, 0.15) is 96.9 Å². The summed E-state index contributed by atoms with van der Waals surface area (Å²) in [6.45, 7) is 38.5. The van der Waals surface area contributed by atoms with Crippen LogP contribution in [0.5, 0.6) is 0 Å². The molecule has 0 aromatic heterocycles. The Hall–Kier alpha value is -0.300. The summed E-state index contributed by atoms with van der Waals surface area (Å²) in [5.74, 6) is 2.61. The summed E-state index contributed by atoms with van der Waals surface area (Å²) in [6, 6.07) is 0.994. The fraction of sp³-hybridized carbons (Fsp3) is 0.920. The van der Waals surface area contributed by atoms with E-state index in [0.29, 0.717) is 41.7 Å². The van der Waals surface area contributed by atoms with Crippen molar-refractivity contribution in [1.29, 1.82) is 0 Å². The molecule has 0 bridgehead atoms. The first kappa shape index (κ1) is 25.7. The van der Waals surface area contributed by atoms with E-state index >= 15 is 0 Å². The van der Waals surface area contributed by atoms with E-state index in [-0.39, 0.29) is 11.0 Å². The van der Waals surface area contributed by atoms with E-state index in [4.69, 9.17) is 6.58 Å². The molecule has 0 atom stereocenters. The summed E-state index contributed by atoms with van der Waals surface area (Å²) >= 11 is 0. The summed E-state index contributed by atoms with van der Waals surface area (Å²) in [6.07, 6.45) is 0. The zero-order valence-corrected chi connectivity index (χ0v) is 20.7. The van der Waals surface area contributed by atoms with Gasteiger partial charge in [-0.3, -0.25) is 4.90 Å². The van der Waals surface area contributed by atoms with Gasteiger partial charge in [0.25, 0.3) is 0 Å². The Kier molecular flexibility index (Phi) is 9.16. The van der Waals surface area contributed by atoms with Crippen LogP contribution in [0.3, 0.4) is 0 Å². The van der Waals surface area contributed by atoms with Gasteiger partial charge in [0.2, 0.25) is 0 Å². The minimum absolute atomic E-state index is 0.0536. The standard InChI is InChI=1S/C25H51N/c1-16(2)23(15)24(17(3)4,18(5)6)25(19(7)8,20(9)10)26(21(11)12)22(13)14/h16-22H,15H2,1-14H3. The first-order valence-corrected chi connectivity index (χ1v) is 11.1. The molecule has 0 aliphatic carbocycles. The Labute approximate surface area is 167 Å². The average Bonchev–Trinajstić information content (AvgIpc) is 2.43. The molecule has 26 heavy (non-hydrogen) atoms. The highest BCUT2D eigenvalue weighted by Crippen LogP contribution is 2.61. The van der Waals surface area contributed by atoms with Gasteiger partial charge in [-0.15, -0.1) is 0 Å². The maximum Gasteiger partial charge on any atom is 0.0358 e. The summed E-state index contributed by atoms with van der Waals surface area (Å²) in [5, 5.41) is 0.